The molecule has 3 aromatic carbocycles. The number of nitro groups is 1. The molecule has 0 atom stereocenters. The number of hydrogen-bond acceptors (Lipinski definition) is 9. The van der Waals surface area contributed by atoms with Gasteiger partial charge in [0.1, 0.15) is 0 Å². The zero-order chi connectivity index (χ0) is 27.1. The van der Waals surface area contributed by atoms with Crippen LogP contribution in [0.2, 0.25) is 0 Å². The average molecular weight is 533 g/mol. The van der Waals surface area contributed by atoms with Gasteiger partial charge >= 0.3 is 0 Å². The van der Waals surface area contributed by atoms with Crippen molar-refractivity contribution < 1.29 is 19.2 Å². The van der Waals surface area contributed by atoms with Crippen LogP contribution in [0.5, 0.6) is 11.5 Å². The van der Waals surface area contributed by atoms with Gasteiger partial charge in [0.15, 0.2) is 22.5 Å². The molecule has 0 aliphatic heterocycles. The first-order chi connectivity index (χ1) is 18.4. The smallest absolute Gasteiger partial charge is 0.269 e. The fourth-order valence-electron chi connectivity index (χ4n) is 3.50. The molecule has 0 spiro atoms. The largest absolute Gasteiger partial charge is 0.493 e. The van der Waals surface area contributed by atoms with Gasteiger partial charge in [-0.3, -0.25) is 30.3 Å². The van der Waals surface area contributed by atoms with Crippen LogP contribution in [0.1, 0.15) is 5.56 Å². The second kappa shape index (κ2) is 11.9. The van der Waals surface area contributed by atoms with Crippen LogP contribution in [0.4, 0.5) is 5.69 Å². The van der Waals surface area contributed by atoms with Crippen LogP contribution in [-0.4, -0.2) is 45.6 Å². The number of hydrazine groups is 1. The van der Waals surface area contributed by atoms with Crippen molar-refractivity contribution in [3.05, 3.63) is 95.1 Å². The number of methoxy groups -OCH3 is 2. The molecule has 4 aromatic rings. The molecular weight excluding hydrogens is 508 g/mol. The number of aromatic nitrogens is 3. The van der Waals surface area contributed by atoms with Gasteiger partial charge in [0.05, 0.1) is 30.6 Å². The molecule has 0 aliphatic rings. The molecule has 2 N–H and O–H groups in total. The standard InChI is InChI=1S/C26H24N6O5S/c1-17(18-9-12-21(13-10-18)32(34)35)27-28-24(33)16-38-26-30-29-25(31(26)20-7-5-4-6-8-20)19-11-14-22(36-2)23(15-19)37-3/h4-15,27H,1,16H2,2-3H3,(H,28,33). The summed E-state index contributed by atoms with van der Waals surface area (Å²) in [5.74, 6) is 1.44. The second-order valence-corrected chi connectivity index (χ2v) is 8.73. The van der Waals surface area contributed by atoms with Gasteiger partial charge in [-0.1, -0.05) is 36.5 Å². The van der Waals surface area contributed by atoms with E-state index in [-0.39, 0.29) is 17.3 Å². The van der Waals surface area contributed by atoms with Gasteiger partial charge in [-0.25, -0.2) is 0 Å². The van der Waals surface area contributed by atoms with Gasteiger partial charge in [0.2, 0.25) is 5.91 Å². The second-order valence-electron chi connectivity index (χ2n) is 7.79. The highest BCUT2D eigenvalue weighted by molar-refractivity contribution is 7.99. The summed E-state index contributed by atoms with van der Waals surface area (Å²) >= 11 is 1.21. The van der Waals surface area contributed by atoms with E-state index in [1.807, 2.05) is 47.0 Å². The summed E-state index contributed by atoms with van der Waals surface area (Å²) in [6, 6.07) is 20.9. The Hall–Kier alpha value is -4.84. The lowest BCUT2D eigenvalue weighted by atomic mass is 10.1. The van der Waals surface area contributed by atoms with Gasteiger partial charge in [-0.05, 0) is 48.0 Å². The zero-order valence-corrected chi connectivity index (χ0v) is 21.4. The first kappa shape index (κ1) is 26.2. The fourth-order valence-corrected chi connectivity index (χ4v) is 4.26. The monoisotopic (exact) mass is 532 g/mol. The van der Waals surface area contributed by atoms with Crippen molar-refractivity contribution in [3.63, 3.8) is 0 Å². The average Bonchev–Trinajstić information content (AvgIpc) is 3.38. The van der Waals surface area contributed by atoms with E-state index in [1.54, 1.807) is 32.4 Å². The normalized spacial score (nSPS) is 10.5. The third-order valence-corrected chi connectivity index (χ3v) is 6.33. The van der Waals surface area contributed by atoms with E-state index < -0.39 is 4.92 Å². The van der Waals surface area contributed by atoms with Crippen molar-refractivity contribution in [2.45, 2.75) is 5.16 Å². The third-order valence-electron chi connectivity index (χ3n) is 5.40. The Morgan fingerprint density at radius 1 is 1.00 bits per heavy atom. The summed E-state index contributed by atoms with van der Waals surface area (Å²) in [4.78, 5) is 22.9. The van der Waals surface area contributed by atoms with Crippen molar-refractivity contribution in [1.82, 2.24) is 25.6 Å². The Kier molecular flexibility index (Phi) is 8.23. The van der Waals surface area contributed by atoms with Crippen LogP contribution < -0.4 is 20.3 Å². The number of rotatable bonds is 11. The molecule has 1 heterocycles. The van der Waals surface area contributed by atoms with Crippen molar-refractivity contribution in [2.24, 2.45) is 0 Å². The van der Waals surface area contributed by atoms with Crippen molar-refractivity contribution in [2.75, 3.05) is 20.0 Å². The predicted molar refractivity (Wildman–Crippen MR) is 144 cm³/mol. The summed E-state index contributed by atoms with van der Waals surface area (Å²) in [7, 11) is 3.13. The SMILES string of the molecule is C=C(NNC(=O)CSc1nnc(-c2ccc(OC)c(OC)c2)n1-c1ccccc1)c1ccc([N+](=O)[O-])cc1. The minimum atomic E-state index is -0.482. The molecule has 4 rings (SSSR count). The number of thioether (sulfide) groups is 1. The van der Waals surface area contributed by atoms with E-state index in [4.69, 9.17) is 9.47 Å². The van der Waals surface area contributed by atoms with Gasteiger partial charge in [0.25, 0.3) is 5.69 Å². The lowest BCUT2D eigenvalue weighted by molar-refractivity contribution is -0.384. The highest BCUT2D eigenvalue weighted by atomic mass is 32.2. The fraction of sp³-hybridized carbons (Fsp3) is 0.115. The molecule has 11 nitrogen and oxygen atoms in total. The molecule has 0 aliphatic carbocycles. The number of amides is 1. The summed E-state index contributed by atoms with van der Waals surface area (Å²) in [5.41, 5.74) is 7.87. The van der Waals surface area contributed by atoms with Crippen LogP contribution in [-0.2, 0) is 4.79 Å². The molecule has 0 radical (unpaired) electrons. The molecule has 0 saturated carbocycles. The first-order valence-electron chi connectivity index (χ1n) is 11.3. The highest BCUT2D eigenvalue weighted by Gasteiger charge is 2.19. The molecule has 12 heteroatoms. The van der Waals surface area contributed by atoms with Gasteiger partial charge in [0, 0.05) is 23.4 Å². The number of hydrogen-bond donors (Lipinski definition) is 2. The molecule has 0 unspecified atom stereocenters. The first-order valence-corrected chi connectivity index (χ1v) is 12.2. The maximum atomic E-state index is 12.6. The molecule has 1 amide bonds. The van der Waals surface area contributed by atoms with Crippen LogP contribution >= 0.6 is 11.8 Å². The molecule has 0 saturated heterocycles. The number of ether oxygens (including phenoxy) is 2. The summed E-state index contributed by atoms with van der Waals surface area (Å²) < 4.78 is 12.6. The minimum absolute atomic E-state index is 0.0306. The molecule has 38 heavy (non-hydrogen) atoms. The van der Waals surface area contributed by atoms with Gasteiger partial charge in [-0.2, -0.15) is 0 Å². The van der Waals surface area contributed by atoms with Crippen LogP contribution in [0.25, 0.3) is 22.8 Å². The van der Waals surface area contributed by atoms with Crippen molar-refractivity contribution in [3.8, 4) is 28.6 Å². The van der Waals surface area contributed by atoms with Crippen molar-refractivity contribution >= 4 is 29.1 Å². The summed E-state index contributed by atoms with van der Waals surface area (Å²) in [6.45, 7) is 3.86. The zero-order valence-electron chi connectivity index (χ0n) is 20.6. The van der Waals surface area contributed by atoms with Gasteiger partial charge < -0.3 is 9.47 Å². The van der Waals surface area contributed by atoms with E-state index in [9.17, 15) is 14.9 Å². The number of nitrogens with one attached hydrogen (secondary N) is 2. The molecule has 1 aromatic heterocycles. The topological polar surface area (TPSA) is 133 Å². The van der Waals surface area contributed by atoms with Crippen LogP contribution in [0.3, 0.4) is 0 Å². The Bertz CT molecular complexity index is 1460. The Labute approximate surface area is 222 Å². The lowest BCUT2D eigenvalue weighted by Crippen LogP contribution is -2.37. The molecule has 0 bridgehead atoms. The number of benzene rings is 3. The molecular formula is C26H24N6O5S. The van der Waals surface area contributed by atoms with E-state index in [0.717, 1.165) is 11.3 Å². The van der Waals surface area contributed by atoms with E-state index >= 15 is 0 Å². The number of carbonyl (C=O) groups is 1. The number of nitrogens with zero attached hydrogens (tertiary/aromatic N) is 4. The van der Waals surface area contributed by atoms with Crippen LogP contribution in [0, 0.1) is 10.1 Å². The number of nitro benzene ring substituents is 1. The Morgan fingerprint density at radius 3 is 2.37 bits per heavy atom. The van der Waals surface area contributed by atoms with Gasteiger partial charge in [-0.15, -0.1) is 10.2 Å². The number of carbonyl (C=O) groups excluding carboxylic acids is 1. The number of para-hydroxylation sites is 1. The Morgan fingerprint density at radius 2 is 1.71 bits per heavy atom. The molecule has 194 valence electrons. The van der Waals surface area contributed by atoms with E-state index in [0.29, 0.717) is 33.7 Å². The van der Waals surface area contributed by atoms with E-state index in [2.05, 4.69) is 27.6 Å². The van der Waals surface area contributed by atoms with E-state index in [1.165, 1.54) is 23.9 Å². The lowest BCUT2D eigenvalue weighted by Gasteiger charge is -2.13. The maximum Gasteiger partial charge on any atom is 0.269 e. The van der Waals surface area contributed by atoms with Crippen LogP contribution in [0.15, 0.2) is 84.5 Å². The minimum Gasteiger partial charge on any atom is -0.493 e. The molecule has 0 fully saturated rings. The highest BCUT2D eigenvalue weighted by Crippen LogP contribution is 2.34. The summed E-state index contributed by atoms with van der Waals surface area (Å²) in [5, 5.41) is 20.1. The predicted octanol–water partition coefficient (Wildman–Crippen LogP) is 4.24. The van der Waals surface area contributed by atoms with Crippen molar-refractivity contribution in [1.29, 1.82) is 0 Å². The quantitative estimate of drug-likeness (QED) is 0.165. The summed E-state index contributed by atoms with van der Waals surface area (Å²) in [6.07, 6.45) is 0. The maximum absolute atomic E-state index is 12.6. The number of non-ortho nitro benzene ring substituents is 1. The third kappa shape index (κ3) is 5.93. The Balaban J connectivity index is 1.48.